The minimum atomic E-state index is -4.48. The fourth-order valence-electron chi connectivity index (χ4n) is 3.45. The smallest absolute Gasteiger partial charge is 0.416 e. The molecule has 0 radical (unpaired) electrons. The summed E-state index contributed by atoms with van der Waals surface area (Å²) in [5.74, 6) is 1.18. The number of allylic oxidation sites excluding steroid dienone is 1. The average molecular weight is 400 g/mol. The van der Waals surface area contributed by atoms with Crippen molar-refractivity contribution in [3.05, 3.63) is 69.8 Å². The highest BCUT2D eigenvalue weighted by atomic mass is 19.4. The van der Waals surface area contributed by atoms with E-state index in [1.165, 1.54) is 10.6 Å². The van der Waals surface area contributed by atoms with Gasteiger partial charge in [0, 0.05) is 6.54 Å². The van der Waals surface area contributed by atoms with Crippen LogP contribution in [0.4, 0.5) is 13.2 Å². The van der Waals surface area contributed by atoms with E-state index in [0.717, 1.165) is 29.0 Å². The predicted molar refractivity (Wildman–Crippen MR) is 106 cm³/mol. The number of halogens is 3. The van der Waals surface area contributed by atoms with Gasteiger partial charge in [0.1, 0.15) is 11.6 Å². The van der Waals surface area contributed by atoms with Gasteiger partial charge >= 0.3 is 6.18 Å². The molecular weight excluding hydrogens is 381 g/mol. The molecule has 3 aromatic rings. The topological polar surface area (TPSA) is 44.1 Å². The summed E-state index contributed by atoms with van der Waals surface area (Å²) in [7, 11) is 0. The molecule has 150 valence electrons. The molecule has 1 aromatic heterocycles. The fourth-order valence-corrected chi connectivity index (χ4v) is 3.45. The van der Waals surface area contributed by atoms with E-state index in [1.807, 2.05) is 44.2 Å². The Hall–Kier alpha value is -3.09. The maximum Gasteiger partial charge on any atom is 0.416 e. The molecule has 0 spiro atoms. The summed E-state index contributed by atoms with van der Waals surface area (Å²) >= 11 is 0. The second kappa shape index (κ2) is 7.06. The molecule has 0 saturated carbocycles. The van der Waals surface area contributed by atoms with Crippen LogP contribution in [-0.4, -0.2) is 15.7 Å². The van der Waals surface area contributed by atoms with Gasteiger partial charge in [-0.2, -0.15) is 13.2 Å². The number of alkyl halides is 3. The molecule has 0 fully saturated rings. The van der Waals surface area contributed by atoms with Gasteiger partial charge in [-0.05, 0) is 67.8 Å². The zero-order valence-corrected chi connectivity index (χ0v) is 16.0. The molecule has 2 heterocycles. The third kappa shape index (κ3) is 3.77. The number of rotatable bonds is 3. The van der Waals surface area contributed by atoms with Gasteiger partial charge in [-0.1, -0.05) is 12.1 Å². The minimum absolute atomic E-state index is 0.0598. The van der Waals surface area contributed by atoms with Crippen molar-refractivity contribution in [3.63, 3.8) is 0 Å². The predicted octanol–water partition coefficient (Wildman–Crippen LogP) is 5.15. The Labute approximate surface area is 165 Å². The third-order valence-corrected chi connectivity index (χ3v) is 4.77. The number of ether oxygens (including phenoxy) is 1. The number of benzene rings is 2. The van der Waals surface area contributed by atoms with Crippen LogP contribution in [0.2, 0.25) is 0 Å². The number of fused-ring (bicyclic) bond motifs is 2. The highest BCUT2D eigenvalue weighted by molar-refractivity contribution is 5.85. The standard InChI is InChI=1S/C22H19F3N2O2/c1-13(2)29-17-6-3-14(4-7-17)11-15-9-10-27-20(15)26-19-12-16(22(23,24)25)5-8-18(19)21(27)28/h3-8,11-13H,9-10H2,1-2H3/b15-11+. The van der Waals surface area contributed by atoms with E-state index in [1.54, 1.807) is 0 Å². The molecule has 29 heavy (non-hydrogen) atoms. The number of nitrogens with zero attached hydrogens (tertiary/aromatic N) is 2. The largest absolute Gasteiger partial charge is 0.491 e. The van der Waals surface area contributed by atoms with Crippen molar-refractivity contribution in [1.82, 2.24) is 9.55 Å². The van der Waals surface area contributed by atoms with Crippen molar-refractivity contribution in [2.24, 2.45) is 0 Å². The normalized spacial score (nSPS) is 15.3. The molecule has 0 unspecified atom stereocenters. The lowest BCUT2D eigenvalue weighted by Gasteiger charge is -2.10. The average Bonchev–Trinajstić information content (AvgIpc) is 3.05. The summed E-state index contributed by atoms with van der Waals surface area (Å²) in [6.45, 7) is 4.35. The zero-order valence-electron chi connectivity index (χ0n) is 16.0. The van der Waals surface area contributed by atoms with Crippen LogP contribution in [-0.2, 0) is 12.7 Å². The van der Waals surface area contributed by atoms with Crippen LogP contribution in [0, 0.1) is 0 Å². The highest BCUT2D eigenvalue weighted by Crippen LogP contribution is 2.32. The highest BCUT2D eigenvalue weighted by Gasteiger charge is 2.31. The van der Waals surface area contributed by atoms with E-state index in [2.05, 4.69) is 4.98 Å². The summed E-state index contributed by atoms with van der Waals surface area (Å²) < 4.78 is 46.3. The third-order valence-electron chi connectivity index (χ3n) is 4.77. The lowest BCUT2D eigenvalue weighted by Crippen LogP contribution is -2.21. The second-order valence-corrected chi connectivity index (χ2v) is 7.28. The number of hydrogen-bond acceptors (Lipinski definition) is 3. The SMILES string of the molecule is CC(C)Oc1ccc(/C=C2\CCn3c2nc2cc(C(F)(F)F)ccc2c3=O)cc1. The second-order valence-electron chi connectivity index (χ2n) is 7.28. The fraction of sp³-hybridized carbons (Fsp3) is 0.273. The van der Waals surface area contributed by atoms with Crippen LogP contribution in [0.25, 0.3) is 22.6 Å². The first kappa shape index (κ1) is 19.2. The molecule has 2 aromatic carbocycles. The zero-order chi connectivity index (χ0) is 20.8. The molecule has 0 amide bonds. The van der Waals surface area contributed by atoms with Crippen LogP contribution >= 0.6 is 0 Å². The van der Waals surface area contributed by atoms with Crippen LogP contribution in [0.5, 0.6) is 5.75 Å². The van der Waals surface area contributed by atoms with Crippen LogP contribution in [0.15, 0.2) is 47.3 Å². The Morgan fingerprint density at radius 2 is 1.86 bits per heavy atom. The van der Waals surface area contributed by atoms with Crippen molar-refractivity contribution in [2.45, 2.75) is 39.1 Å². The Bertz CT molecular complexity index is 1160. The Morgan fingerprint density at radius 3 is 2.52 bits per heavy atom. The summed E-state index contributed by atoms with van der Waals surface area (Å²) in [6, 6.07) is 10.6. The maximum absolute atomic E-state index is 13.0. The van der Waals surface area contributed by atoms with Crippen LogP contribution in [0.1, 0.15) is 37.2 Å². The lowest BCUT2D eigenvalue weighted by atomic mass is 10.1. The number of aromatic nitrogens is 2. The Morgan fingerprint density at radius 1 is 1.14 bits per heavy atom. The van der Waals surface area contributed by atoms with Gasteiger partial charge in [-0.25, -0.2) is 4.98 Å². The molecule has 0 saturated heterocycles. The van der Waals surface area contributed by atoms with Crippen molar-refractivity contribution in [3.8, 4) is 5.75 Å². The first-order valence-electron chi connectivity index (χ1n) is 9.32. The van der Waals surface area contributed by atoms with E-state index >= 15 is 0 Å². The van der Waals surface area contributed by atoms with Crippen LogP contribution in [0.3, 0.4) is 0 Å². The first-order chi connectivity index (χ1) is 13.7. The molecule has 0 bridgehead atoms. The molecule has 4 rings (SSSR count). The first-order valence-corrected chi connectivity index (χ1v) is 9.32. The van der Waals surface area contributed by atoms with Gasteiger partial charge in [0.15, 0.2) is 0 Å². The monoisotopic (exact) mass is 400 g/mol. The van der Waals surface area contributed by atoms with E-state index < -0.39 is 11.7 Å². The Balaban J connectivity index is 1.75. The van der Waals surface area contributed by atoms with Crippen LogP contribution < -0.4 is 10.3 Å². The minimum Gasteiger partial charge on any atom is -0.491 e. The molecular formula is C22H19F3N2O2. The van der Waals surface area contributed by atoms with Gasteiger partial charge in [0.05, 0.1) is 22.6 Å². The lowest BCUT2D eigenvalue weighted by molar-refractivity contribution is -0.137. The van der Waals surface area contributed by atoms with Gasteiger partial charge in [-0.3, -0.25) is 9.36 Å². The van der Waals surface area contributed by atoms with E-state index in [-0.39, 0.29) is 22.6 Å². The van der Waals surface area contributed by atoms with Crippen molar-refractivity contribution in [1.29, 1.82) is 0 Å². The van der Waals surface area contributed by atoms with Crippen molar-refractivity contribution < 1.29 is 17.9 Å². The molecule has 7 heteroatoms. The quantitative estimate of drug-likeness (QED) is 0.611. The van der Waals surface area contributed by atoms with E-state index in [4.69, 9.17) is 4.74 Å². The molecule has 1 aliphatic heterocycles. The van der Waals surface area contributed by atoms with Gasteiger partial charge in [0.2, 0.25) is 0 Å². The molecule has 4 nitrogen and oxygen atoms in total. The molecule has 1 aliphatic rings. The van der Waals surface area contributed by atoms with Crippen molar-refractivity contribution >= 4 is 22.6 Å². The van der Waals surface area contributed by atoms with E-state index in [9.17, 15) is 18.0 Å². The van der Waals surface area contributed by atoms with Gasteiger partial charge in [-0.15, -0.1) is 0 Å². The molecule has 0 atom stereocenters. The summed E-state index contributed by atoms with van der Waals surface area (Å²) in [5.41, 5.74) is 0.653. The maximum atomic E-state index is 13.0. The van der Waals surface area contributed by atoms with Gasteiger partial charge < -0.3 is 4.74 Å². The summed E-state index contributed by atoms with van der Waals surface area (Å²) in [6.07, 6.45) is -1.91. The molecule has 0 N–H and O–H groups in total. The van der Waals surface area contributed by atoms with Gasteiger partial charge in [0.25, 0.3) is 5.56 Å². The molecule has 0 aliphatic carbocycles. The van der Waals surface area contributed by atoms with Crippen molar-refractivity contribution in [2.75, 3.05) is 0 Å². The number of hydrogen-bond donors (Lipinski definition) is 0. The summed E-state index contributed by atoms with van der Waals surface area (Å²) in [4.78, 5) is 17.1. The van der Waals surface area contributed by atoms with E-state index in [0.29, 0.717) is 18.8 Å². The summed E-state index contributed by atoms with van der Waals surface area (Å²) in [5, 5.41) is 0.193. The Kier molecular flexibility index (Phi) is 4.68.